The minimum Gasteiger partial charge on any atom is -0.491 e. The average molecular weight is 281 g/mol. The largest absolute Gasteiger partial charge is 0.491 e. The quantitative estimate of drug-likeness (QED) is 0.894. The normalized spacial score (nSPS) is 18.4. The Hall–Kier alpha value is -1.79. The smallest absolute Gasteiger partial charge is 0.411 e. The first kappa shape index (κ1) is 14.6. The van der Waals surface area contributed by atoms with Crippen molar-refractivity contribution in [2.45, 2.75) is 13.0 Å². The number of rotatable bonds is 5. The minimum atomic E-state index is -0.464. The Labute approximate surface area is 118 Å². The van der Waals surface area contributed by atoms with Crippen molar-refractivity contribution in [1.29, 1.82) is 0 Å². The van der Waals surface area contributed by atoms with Crippen LogP contribution in [0.25, 0.3) is 0 Å². The number of carbonyl (C=O) groups is 1. The van der Waals surface area contributed by atoms with Crippen LogP contribution in [0.15, 0.2) is 24.3 Å². The van der Waals surface area contributed by atoms with Gasteiger partial charge in [0.15, 0.2) is 0 Å². The lowest BCUT2D eigenvalue weighted by molar-refractivity contribution is -0.101. The molecule has 0 spiro atoms. The number of amides is 1. The molecule has 6 heteroatoms. The molecule has 1 aliphatic rings. The third kappa shape index (κ3) is 4.71. The van der Waals surface area contributed by atoms with Crippen molar-refractivity contribution in [3.05, 3.63) is 24.3 Å². The maximum atomic E-state index is 11.2. The number of anilines is 1. The Morgan fingerprint density at radius 1 is 1.35 bits per heavy atom. The molecule has 1 saturated heterocycles. The van der Waals surface area contributed by atoms with Crippen LogP contribution in [-0.2, 0) is 14.2 Å². The van der Waals surface area contributed by atoms with Crippen molar-refractivity contribution in [2.75, 3.05) is 38.4 Å². The van der Waals surface area contributed by atoms with E-state index in [0.29, 0.717) is 44.5 Å². The van der Waals surface area contributed by atoms with Crippen LogP contribution in [0.2, 0.25) is 0 Å². The minimum absolute atomic E-state index is 0.0268. The molecule has 20 heavy (non-hydrogen) atoms. The lowest BCUT2D eigenvalue weighted by Crippen LogP contribution is -2.33. The molecular weight excluding hydrogens is 262 g/mol. The second-order valence-corrected chi connectivity index (χ2v) is 4.25. The molecule has 110 valence electrons. The van der Waals surface area contributed by atoms with Crippen molar-refractivity contribution in [3.63, 3.8) is 0 Å². The fraction of sp³-hybridized carbons (Fsp3) is 0.500. The highest BCUT2D eigenvalue weighted by Gasteiger charge is 2.14. The van der Waals surface area contributed by atoms with Gasteiger partial charge in [0.25, 0.3) is 0 Å². The van der Waals surface area contributed by atoms with Gasteiger partial charge in [0.05, 0.1) is 26.4 Å². The van der Waals surface area contributed by atoms with E-state index in [0.717, 1.165) is 0 Å². The number of hydrogen-bond donors (Lipinski definition) is 1. The number of hydrogen-bond acceptors (Lipinski definition) is 5. The Bertz CT molecular complexity index is 414. The Kier molecular flexibility index (Phi) is 5.64. The van der Waals surface area contributed by atoms with Crippen molar-refractivity contribution in [2.24, 2.45) is 0 Å². The van der Waals surface area contributed by atoms with E-state index in [1.165, 1.54) is 0 Å². The van der Waals surface area contributed by atoms with E-state index in [-0.39, 0.29) is 6.10 Å². The molecule has 0 radical (unpaired) electrons. The fourth-order valence-electron chi connectivity index (χ4n) is 1.74. The molecule has 1 aliphatic heterocycles. The van der Waals surface area contributed by atoms with E-state index in [2.05, 4.69) is 5.32 Å². The predicted molar refractivity (Wildman–Crippen MR) is 73.1 cm³/mol. The van der Waals surface area contributed by atoms with Gasteiger partial charge in [0.2, 0.25) is 0 Å². The first-order valence-corrected chi connectivity index (χ1v) is 6.64. The highest BCUT2D eigenvalue weighted by molar-refractivity contribution is 5.84. The van der Waals surface area contributed by atoms with E-state index in [1.54, 1.807) is 31.2 Å². The molecule has 1 heterocycles. The van der Waals surface area contributed by atoms with Gasteiger partial charge in [-0.3, -0.25) is 5.32 Å². The van der Waals surface area contributed by atoms with Gasteiger partial charge in [0, 0.05) is 5.69 Å². The zero-order chi connectivity index (χ0) is 14.2. The van der Waals surface area contributed by atoms with Crippen molar-refractivity contribution >= 4 is 11.8 Å². The van der Waals surface area contributed by atoms with Crippen LogP contribution in [0.1, 0.15) is 6.92 Å². The highest BCUT2D eigenvalue weighted by Crippen LogP contribution is 2.16. The van der Waals surface area contributed by atoms with Gasteiger partial charge in [-0.2, -0.15) is 0 Å². The van der Waals surface area contributed by atoms with Crippen LogP contribution in [0.4, 0.5) is 10.5 Å². The summed E-state index contributed by atoms with van der Waals surface area (Å²) in [5, 5.41) is 2.61. The van der Waals surface area contributed by atoms with E-state index in [1.807, 2.05) is 0 Å². The summed E-state index contributed by atoms with van der Waals surface area (Å²) >= 11 is 0. The van der Waals surface area contributed by atoms with Crippen LogP contribution < -0.4 is 10.1 Å². The number of carbonyl (C=O) groups excluding carboxylic acids is 1. The molecule has 1 N–H and O–H groups in total. The third-order valence-corrected chi connectivity index (χ3v) is 2.70. The molecule has 6 nitrogen and oxygen atoms in total. The monoisotopic (exact) mass is 281 g/mol. The van der Waals surface area contributed by atoms with Gasteiger partial charge in [-0.15, -0.1) is 0 Å². The number of benzene rings is 1. The van der Waals surface area contributed by atoms with Gasteiger partial charge in [0.1, 0.15) is 18.5 Å². The topological polar surface area (TPSA) is 66.0 Å². The van der Waals surface area contributed by atoms with Gasteiger partial charge >= 0.3 is 6.09 Å². The van der Waals surface area contributed by atoms with Crippen LogP contribution in [0.3, 0.4) is 0 Å². The van der Waals surface area contributed by atoms with Gasteiger partial charge in [-0.1, -0.05) is 0 Å². The van der Waals surface area contributed by atoms with Gasteiger partial charge in [-0.25, -0.2) is 4.79 Å². The number of nitrogens with one attached hydrogen (secondary N) is 1. The standard InChI is InChI=1S/C14H19NO5/c1-2-18-14(16)15-11-3-5-12(6-4-11)20-10-13-9-17-7-8-19-13/h3-6,13H,2,7-10H2,1H3,(H,15,16)/t13-/m1/s1. The van der Waals surface area contributed by atoms with E-state index >= 15 is 0 Å². The maximum Gasteiger partial charge on any atom is 0.411 e. The van der Waals surface area contributed by atoms with E-state index in [4.69, 9.17) is 18.9 Å². The van der Waals surface area contributed by atoms with Crippen molar-refractivity contribution in [1.82, 2.24) is 0 Å². The van der Waals surface area contributed by atoms with E-state index < -0.39 is 6.09 Å². The lowest BCUT2D eigenvalue weighted by Gasteiger charge is -2.22. The molecule has 0 unspecified atom stereocenters. The van der Waals surface area contributed by atoms with Crippen LogP contribution in [0.5, 0.6) is 5.75 Å². The SMILES string of the molecule is CCOC(=O)Nc1ccc(OC[C@H]2COCCO2)cc1. The molecule has 2 rings (SSSR count). The predicted octanol–water partition coefficient (Wildman–Crippen LogP) is 2.05. The second kappa shape index (κ2) is 7.72. The van der Waals surface area contributed by atoms with Crippen molar-refractivity contribution in [3.8, 4) is 5.75 Å². The zero-order valence-electron chi connectivity index (χ0n) is 11.5. The molecule has 0 saturated carbocycles. The summed E-state index contributed by atoms with van der Waals surface area (Å²) in [5.74, 6) is 0.716. The summed E-state index contributed by atoms with van der Waals surface area (Å²) in [5.41, 5.74) is 0.660. The third-order valence-electron chi connectivity index (χ3n) is 2.70. The Morgan fingerprint density at radius 3 is 2.80 bits per heavy atom. The average Bonchev–Trinajstić information content (AvgIpc) is 2.48. The summed E-state index contributed by atoms with van der Waals surface area (Å²) in [6, 6.07) is 7.07. The molecule has 1 aromatic rings. The first-order chi connectivity index (χ1) is 9.78. The van der Waals surface area contributed by atoms with E-state index in [9.17, 15) is 4.79 Å². The highest BCUT2D eigenvalue weighted by atomic mass is 16.6. The summed E-state index contributed by atoms with van der Waals surface area (Å²) in [7, 11) is 0. The first-order valence-electron chi connectivity index (χ1n) is 6.64. The van der Waals surface area contributed by atoms with Gasteiger partial charge < -0.3 is 18.9 Å². The van der Waals surface area contributed by atoms with Crippen LogP contribution in [-0.4, -0.2) is 45.2 Å². The van der Waals surface area contributed by atoms with Crippen LogP contribution in [0, 0.1) is 0 Å². The Morgan fingerprint density at radius 2 is 2.15 bits per heavy atom. The molecule has 1 atom stereocenters. The molecular formula is C14H19NO5. The fourth-order valence-corrected chi connectivity index (χ4v) is 1.74. The molecule has 1 aromatic carbocycles. The Balaban J connectivity index is 1.77. The van der Waals surface area contributed by atoms with Crippen molar-refractivity contribution < 1.29 is 23.7 Å². The summed E-state index contributed by atoms with van der Waals surface area (Å²) in [6.45, 7) is 4.36. The lowest BCUT2D eigenvalue weighted by atomic mass is 10.3. The summed E-state index contributed by atoms with van der Waals surface area (Å²) in [4.78, 5) is 11.2. The summed E-state index contributed by atoms with van der Waals surface area (Å²) in [6.07, 6.45) is -0.491. The molecule has 0 aromatic heterocycles. The molecule has 0 aliphatic carbocycles. The summed E-state index contributed by atoms with van der Waals surface area (Å²) < 4.78 is 21.2. The second-order valence-electron chi connectivity index (χ2n) is 4.25. The number of ether oxygens (including phenoxy) is 4. The zero-order valence-corrected chi connectivity index (χ0v) is 11.5. The molecule has 0 bridgehead atoms. The maximum absolute atomic E-state index is 11.2. The van der Waals surface area contributed by atoms with Gasteiger partial charge in [-0.05, 0) is 31.2 Å². The molecule has 1 fully saturated rings. The van der Waals surface area contributed by atoms with Crippen LogP contribution >= 0.6 is 0 Å². The molecule has 1 amide bonds.